The summed E-state index contributed by atoms with van der Waals surface area (Å²) < 4.78 is 15.5. The van der Waals surface area contributed by atoms with Crippen LogP contribution in [0.1, 0.15) is 29.0 Å². The minimum absolute atomic E-state index is 0.329. The van der Waals surface area contributed by atoms with Crippen molar-refractivity contribution in [2.45, 2.75) is 18.9 Å². The summed E-state index contributed by atoms with van der Waals surface area (Å²) in [6.07, 6.45) is -0.744. The van der Waals surface area contributed by atoms with Crippen molar-refractivity contribution in [3.63, 3.8) is 0 Å². The highest BCUT2D eigenvalue weighted by atomic mass is 32.1. The van der Waals surface area contributed by atoms with E-state index in [0.717, 1.165) is 60.6 Å². The van der Waals surface area contributed by atoms with Gasteiger partial charge in [-0.15, -0.1) is 11.3 Å². The van der Waals surface area contributed by atoms with E-state index in [-0.39, 0.29) is 6.17 Å². The molecular formula is C45H33N3O2S. The van der Waals surface area contributed by atoms with Crippen LogP contribution in [0.3, 0.4) is 0 Å². The maximum absolute atomic E-state index is 6.83. The minimum atomic E-state index is -0.415. The second-order valence-corrected chi connectivity index (χ2v) is 14.1. The monoisotopic (exact) mass is 679 g/mol. The Labute approximate surface area is 297 Å². The van der Waals surface area contributed by atoms with Gasteiger partial charge in [0.05, 0.1) is 12.3 Å². The third-order valence-corrected chi connectivity index (χ3v) is 11.3. The Morgan fingerprint density at radius 2 is 1.31 bits per heavy atom. The number of hydrogen-bond donors (Lipinski definition) is 3. The molecule has 7 aromatic carbocycles. The molecule has 3 aromatic heterocycles. The van der Waals surface area contributed by atoms with Gasteiger partial charge in [0.15, 0.2) is 0 Å². The standard InChI is InChI=1S/C45H33N3O2S/c46-44(27-11-2-1-3-12-27)48-45(47-26-29-13-8-21-39-41(29)34-15-4-6-20-37(34)49-39)35-19-10-17-32-36-25-28(23-24-38(36)50-42(32)35)30-16-9-18-33-31-14-5-7-22-40(31)51-43(30)33/h1-25,44-45,47-48H,26,46H2. The normalized spacial score (nSPS) is 13.3. The lowest BCUT2D eigenvalue weighted by Gasteiger charge is -2.25. The van der Waals surface area contributed by atoms with Gasteiger partial charge in [0.25, 0.3) is 0 Å². The number of para-hydroxylation sites is 2. The fourth-order valence-electron chi connectivity index (χ4n) is 7.59. The van der Waals surface area contributed by atoms with E-state index in [4.69, 9.17) is 14.6 Å². The molecule has 51 heavy (non-hydrogen) atoms. The molecule has 10 rings (SSSR count). The van der Waals surface area contributed by atoms with Gasteiger partial charge in [-0.25, -0.2) is 0 Å². The highest BCUT2D eigenvalue weighted by Gasteiger charge is 2.22. The fraction of sp³-hybridized carbons (Fsp3) is 0.0667. The Bertz CT molecular complexity index is 2890. The highest BCUT2D eigenvalue weighted by molar-refractivity contribution is 7.26. The molecule has 6 heteroatoms. The Morgan fingerprint density at radius 1 is 0.588 bits per heavy atom. The van der Waals surface area contributed by atoms with Crippen LogP contribution >= 0.6 is 11.3 Å². The van der Waals surface area contributed by atoms with E-state index >= 15 is 0 Å². The van der Waals surface area contributed by atoms with Gasteiger partial charge in [-0.2, -0.15) is 0 Å². The summed E-state index contributed by atoms with van der Waals surface area (Å²) in [6.45, 7) is 0.583. The van der Waals surface area contributed by atoms with Crippen molar-refractivity contribution in [3.8, 4) is 11.1 Å². The van der Waals surface area contributed by atoms with Crippen LogP contribution in [0.2, 0.25) is 0 Å². The first-order chi connectivity index (χ1) is 25.2. The predicted octanol–water partition coefficient (Wildman–Crippen LogP) is 11.6. The molecule has 0 aliphatic rings. The Morgan fingerprint density at radius 3 is 2.24 bits per heavy atom. The van der Waals surface area contributed by atoms with Gasteiger partial charge in [-0.1, -0.05) is 121 Å². The highest BCUT2D eigenvalue weighted by Crippen LogP contribution is 2.42. The number of benzene rings is 7. The lowest BCUT2D eigenvalue weighted by molar-refractivity contribution is 0.385. The summed E-state index contributed by atoms with van der Waals surface area (Å²) in [7, 11) is 0. The summed E-state index contributed by atoms with van der Waals surface area (Å²) in [5.41, 5.74) is 15.8. The summed E-state index contributed by atoms with van der Waals surface area (Å²) in [6, 6.07) is 52.8. The van der Waals surface area contributed by atoms with Gasteiger partial charge in [-0.05, 0) is 52.6 Å². The van der Waals surface area contributed by atoms with Crippen molar-refractivity contribution in [1.29, 1.82) is 0 Å². The Balaban J connectivity index is 1.07. The number of furan rings is 2. The van der Waals surface area contributed by atoms with Crippen LogP contribution < -0.4 is 16.4 Å². The first kappa shape index (κ1) is 30.1. The van der Waals surface area contributed by atoms with Gasteiger partial charge >= 0.3 is 0 Å². The molecule has 246 valence electrons. The van der Waals surface area contributed by atoms with Crippen LogP contribution in [0, 0.1) is 0 Å². The van der Waals surface area contributed by atoms with Gasteiger partial charge in [0.1, 0.15) is 22.3 Å². The van der Waals surface area contributed by atoms with Gasteiger partial charge in [0, 0.05) is 53.8 Å². The number of thiophene rings is 1. The Kier molecular flexibility index (Phi) is 7.22. The molecule has 0 aliphatic carbocycles. The summed E-state index contributed by atoms with van der Waals surface area (Å²) in [5.74, 6) is 0. The smallest absolute Gasteiger partial charge is 0.141 e. The molecule has 4 N–H and O–H groups in total. The fourth-order valence-corrected chi connectivity index (χ4v) is 8.83. The molecule has 2 atom stereocenters. The van der Waals surface area contributed by atoms with E-state index in [2.05, 4.69) is 114 Å². The first-order valence-electron chi connectivity index (χ1n) is 17.2. The maximum atomic E-state index is 6.83. The lowest BCUT2D eigenvalue weighted by Crippen LogP contribution is -2.39. The summed E-state index contributed by atoms with van der Waals surface area (Å²) >= 11 is 1.85. The van der Waals surface area contributed by atoms with Crippen LogP contribution in [0.15, 0.2) is 160 Å². The van der Waals surface area contributed by atoms with E-state index in [9.17, 15) is 0 Å². The summed E-state index contributed by atoms with van der Waals surface area (Å²) in [5, 5.41) is 14.5. The maximum Gasteiger partial charge on any atom is 0.141 e. The van der Waals surface area contributed by atoms with Gasteiger partial charge in [-0.3, -0.25) is 10.6 Å². The molecule has 0 amide bonds. The molecule has 0 saturated carbocycles. The van der Waals surface area contributed by atoms with E-state index in [1.54, 1.807) is 0 Å². The van der Waals surface area contributed by atoms with E-state index in [1.807, 2.05) is 59.9 Å². The zero-order valence-corrected chi connectivity index (χ0v) is 28.4. The zero-order valence-electron chi connectivity index (χ0n) is 27.6. The molecular weight excluding hydrogens is 647 g/mol. The molecule has 3 heterocycles. The zero-order chi connectivity index (χ0) is 33.9. The third kappa shape index (κ3) is 5.11. The van der Waals surface area contributed by atoms with Crippen LogP contribution in [0.25, 0.3) is 75.2 Å². The number of nitrogens with one attached hydrogen (secondary N) is 2. The molecule has 2 unspecified atom stereocenters. The van der Waals surface area contributed by atoms with Crippen molar-refractivity contribution in [2.24, 2.45) is 5.73 Å². The van der Waals surface area contributed by atoms with Gasteiger partial charge < -0.3 is 14.6 Å². The number of nitrogens with two attached hydrogens (primary N) is 1. The van der Waals surface area contributed by atoms with Crippen molar-refractivity contribution < 1.29 is 8.83 Å². The number of rotatable bonds is 8. The van der Waals surface area contributed by atoms with Crippen LogP contribution in [0.5, 0.6) is 0 Å². The predicted molar refractivity (Wildman–Crippen MR) is 212 cm³/mol. The quantitative estimate of drug-likeness (QED) is 0.139. The molecule has 5 nitrogen and oxygen atoms in total. The third-order valence-electron chi connectivity index (χ3n) is 10.0. The molecule has 0 spiro atoms. The number of hydrogen-bond acceptors (Lipinski definition) is 6. The molecule has 0 radical (unpaired) electrons. The first-order valence-corrected chi connectivity index (χ1v) is 18.1. The average molecular weight is 680 g/mol. The molecule has 0 saturated heterocycles. The largest absolute Gasteiger partial charge is 0.456 e. The minimum Gasteiger partial charge on any atom is -0.456 e. The SMILES string of the molecule is NC(NC(NCc1cccc2oc3ccccc3c12)c1cccc2c1oc1ccc(-c3cccc4c3sc3ccccc34)cc12)c1ccccc1. The average Bonchev–Trinajstić information content (AvgIpc) is 3.88. The molecule has 0 fully saturated rings. The van der Waals surface area contributed by atoms with Crippen molar-refractivity contribution in [1.82, 2.24) is 10.6 Å². The van der Waals surface area contributed by atoms with Crippen molar-refractivity contribution >= 4 is 75.4 Å². The van der Waals surface area contributed by atoms with E-state index in [0.29, 0.717) is 6.54 Å². The second kappa shape index (κ2) is 12.2. The lowest BCUT2D eigenvalue weighted by atomic mass is 10.00. The van der Waals surface area contributed by atoms with Crippen LogP contribution in [-0.4, -0.2) is 0 Å². The van der Waals surface area contributed by atoms with Crippen molar-refractivity contribution in [3.05, 3.63) is 168 Å². The van der Waals surface area contributed by atoms with Crippen LogP contribution in [-0.2, 0) is 6.54 Å². The molecule has 0 bridgehead atoms. The van der Waals surface area contributed by atoms with E-state index in [1.165, 1.54) is 31.3 Å². The van der Waals surface area contributed by atoms with Crippen molar-refractivity contribution in [2.75, 3.05) is 0 Å². The summed E-state index contributed by atoms with van der Waals surface area (Å²) in [4.78, 5) is 0. The second-order valence-electron chi connectivity index (χ2n) is 13.1. The molecule has 0 aliphatic heterocycles. The van der Waals surface area contributed by atoms with E-state index < -0.39 is 6.17 Å². The van der Waals surface area contributed by atoms with Gasteiger partial charge in [0.2, 0.25) is 0 Å². The number of fused-ring (bicyclic) bond motifs is 9. The molecule has 10 aromatic rings. The Hall–Kier alpha value is -5.76. The topological polar surface area (TPSA) is 76.4 Å². The van der Waals surface area contributed by atoms with Crippen LogP contribution in [0.4, 0.5) is 0 Å².